The van der Waals surface area contributed by atoms with Crippen molar-refractivity contribution in [1.29, 1.82) is 0 Å². The van der Waals surface area contributed by atoms with Crippen molar-refractivity contribution >= 4 is 0 Å². The Hall–Kier alpha value is -1.26. The molecule has 0 spiro atoms. The van der Waals surface area contributed by atoms with E-state index >= 15 is 0 Å². The summed E-state index contributed by atoms with van der Waals surface area (Å²) < 4.78 is 11.4. The summed E-state index contributed by atoms with van der Waals surface area (Å²) in [7, 11) is 0. The van der Waals surface area contributed by atoms with Gasteiger partial charge < -0.3 is 19.9 Å². The molecule has 2 atom stereocenters. The molecule has 1 aromatic rings. The molecule has 4 nitrogen and oxygen atoms in total. The number of ether oxygens (including phenoxy) is 2. The molecule has 0 saturated heterocycles. The standard InChI is InChI=1S/C17H27NO3/c1-12(2)15(7-8-19)18-13(3)14-5-6-16-17(11-14)21-10-4-9-20-16/h5-6,11-13,15,18-19H,4,7-10H2,1-3H3. The van der Waals surface area contributed by atoms with Crippen LogP contribution in [0.1, 0.15) is 45.2 Å². The van der Waals surface area contributed by atoms with Gasteiger partial charge in [0.15, 0.2) is 11.5 Å². The molecule has 0 radical (unpaired) electrons. The number of rotatable bonds is 6. The lowest BCUT2D eigenvalue weighted by atomic mass is 9.98. The number of hydrogen-bond donors (Lipinski definition) is 2. The molecule has 1 heterocycles. The summed E-state index contributed by atoms with van der Waals surface area (Å²) in [5.74, 6) is 2.15. The maximum atomic E-state index is 9.18. The minimum absolute atomic E-state index is 0.209. The number of aliphatic hydroxyl groups excluding tert-OH is 1. The van der Waals surface area contributed by atoms with E-state index in [-0.39, 0.29) is 12.6 Å². The first-order valence-corrected chi connectivity index (χ1v) is 7.88. The number of hydrogen-bond acceptors (Lipinski definition) is 4. The summed E-state index contributed by atoms with van der Waals surface area (Å²) in [6.07, 6.45) is 1.69. The van der Waals surface area contributed by atoms with Gasteiger partial charge in [-0.3, -0.25) is 0 Å². The molecule has 0 fully saturated rings. The molecule has 0 bridgehead atoms. The van der Waals surface area contributed by atoms with Crippen molar-refractivity contribution in [2.45, 2.75) is 45.7 Å². The molecule has 2 unspecified atom stereocenters. The van der Waals surface area contributed by atoms with Crippen LogP contribution in [0.3, 0.4) is 0 Å². The van der Waals surface area contributed by atoms with Crippen LogP contribution in [0.15, 0.2) is 18.2 Å². The largest absolute Gasteiger partial charge is 0.490 e. The Morgan fingerprint density at radius 1 is 1.14 bits per heavy atom. The highest BCUT2D eigenvalue weighted by Crippen LogP contribution is 2.32. The SMILES string of the molecule is CC(NC(CCO)C(C)C)c1ccc2c(c1)OCCCO2. The summed E-state index contributed by atoms with van der Waals surface area (Å²) in [6.45, 7) is 8.13. The van der Waals surface area contributed by atoms with Crippen LogP contribution in [0.2, 0.25) is 0 Å². The van der Waals surface area contributed by atoms with Gasteiger partial charge in [0.2, 0.25) is 0 Å². The van der Waals surface area contributed by atoms with Crippen molar-refractivity contribution < 1.29 is 14.6 Å². The Kier molecular flexibility index (Phi) is 5.88. The van der Waals surface area contributed by atoms with Gasteiger partial charge in [-0.15, -0.1) is 0 Å². The minimum atomic E-state index is 0.209. The normalized spacial score (nSPS) is 17.4. The van der Waals surface area contributed by atoms with Crippen molar-refractivity contribution in [3.63, 3.8) is 0 Å². The van der Waals surface area contributed by atoms with Crippen molar-refractivity contribution in [1.82, 2.24) is 5.32 Å². The third-order valence-corrected chi connectivity index (χ3v) is 3.98. The van der Waals surface area contributed by atoms with E-state index in [1.165, 1.54) is 5.56 Å². The van der Waals surface area contributed by atoms with Crippen molar-refractivity contribution in [3.8, 4) is 11.5 Å². The van der Waals surface area contributed by atoms with Gasteiger partial charge in [-0.1, -0.05) is 19.9 Å². The highest BCUT2D eigenvalue weighted by Gasteiger charge is 2.18. The van der Waals surface area contributed by atoms with E-state index in [0.717, 1.165) is 24.3 Å². The van der Waals surface area contributed by atoms with E-state index < -0.39 is 0 Å². The maximum Gasteiger partial charge on any atom is 0.161 e. The van der Waals surface area contributed by atoms with Crippen molar-refractivity contribution in [2.75, 3.05) is 19.8 Å². The van der Waals surface area contributed by atoms with Crippen molar-refractivity contribution in [2.24, 2.45) is 5.92 Å². The molecule has 0 saturated carbocycles. The number of nitrogens with one attached hydrogen (secondary N) is 1. The highest BCUT2D eigenvalue weighted by atomic mass is 16.5. The molecule has 0 aliphatic carbocycles. The topological polar surface area (TPSA) is 50.7 Å². The fraction of sp³-hybridized carbons (Fsp3) is 0.647. The number of benzene rings is 1. The van der Waals surface area contributed by atoms with Crippen LogP contribution >= 0.6 is 0 Å². The predicted molar refractivity (Wildman–Crippen MR) is 83.9 cm³/mol. The van der Waals surface area contributed by atoms with Gasteiger partial charge in [-0.25, -0.2) is 0 Å². The Morgan fingerprint density at radius 2 is 1.86 bits per heavy atom. The zero-order valence-electron chi connectivity index (χ0n) is 13.3. The summed E-state index contributed by atoms with van der Waals surface area (Å²) in [5, 5.41) is 12.8. The molecule has 1 aliphatic heterocycles. The lowest BCUT2D eigenvalue weighted by molar-refractivity contribution is 0.237. The second-order valence-electron chi connectivity index (χ2n) is 6.01. The first kappa shape index (κ1) is 16.1. The predicted octanol–water partition coefficient (Wildman–Crippen LogP) is 2.91. The fourth-order valence-corrected chi connectivity index (χ4v) is 2.61. The van der Waals surface area contributed by atoms with Gasteiger partial charge in [0, 0.05) is 25.1 Å². The molecule has 2 N–H and O–H groups in total. The molecule has 1 aromatic carbocycles. The van der Waals surface area contributed by atoms with Gasteiger partial charge in [0.05, 0.1) is 13.2 Å². The van der Waals surface area contributed by atoms with Gasteiger partial charge in [0.1, 0.15) is 0 Å². The zero-order valence-corrected chi connectivity index (χ0v) is 13.3. The van der Waals surface area contributed by atoms with E-state index in [2.05, 4.69) is 38.2 Å². The molecule has 21 heavy (non-hydrogen) atoms. The summed E-state index contributed by atoms with van der Waals surface area (Å²) >= 11 is 0. The minimum Gasteiger partial charge on any atom is -0.490 e. The molecule has 1 aliphatic rings. The Balaban J connectivity index is 2.08. The van der Waals surface area contributed by atoms with E-state index in [4.69, 9.17) is 9.47 Å². The lowest BCUT2D eigenvalue weighted by Crippen LogP contribution is -2.36. The quantitative estimate of drug-likeness (QED) is 0.847. The third kappa shape index (κ3) is 4.35. The zero-order chi connectivity index (χ0) is 15.2. The smallest absolute Gasteiger partial charge is 0.161 e. The number of aliphatic hydroxyl groups is 1. The third-order valence-electron chi connectivity index (χ3n) is 3.98. The van der Waals surface area contributed by atoms with Gasteiger partial charge in [0.25, 0.3) is 0 Å². The molecule has 118 valence electrons. The van der Waals surface area contributed by atoms with Gasteiger partial charge >= 0.3 is 0 Å². The maximum absolute atomic E-state index is 9.18. The first-order valence-electron chi connectivity index (χ1n) is 7.88. The lowest BCUT2D eigenvalue weighted by Gasteiger charge is -2.26. The Bertz CT molecular complexity index is 448. The van der Waals surface area contributed by atoms with Crippen LogP contribution < -0.4 is 14.8 Å². The van der Waals surface area contributed by atoms with Crippen LogP contribution in [0, 0.1) is 5.92 Å². The monoisotopic (exact) mass is 293 g/mol. The molecular weight excluding hydrogens is 266 g/mol. The summed E-state index contributed by atoms with van der Waals surface area (Å²) in [6, 6.07) is 6.66. The van der Waals surface area contributed by atoms with Crippen LogP contribution in [-0.2, 0) is 0 Å². The van der Waals surface area contributed by atoms with Crippen molar-refractivity contribution in [3.05, 3.63) is 23.8 Å². The van der Waals surface area contributed by atoms with E-state index in [9.17, 15) is 5.11 Å². The fourth-order valence-electron chi connectivity index (χ4n) is 2.61. The molecule has 2 rings (SSSR count). The van der Waals surface area contributed by atoms with Crippen LogP contribution in [-0.4, -0.2) is 31.0 Å². The second kappa shape index (κ2) is 7.66. The van der Waals surface area contributed by atoms with Crippen LogP contribution in [0.4, 0.5) is 0 Å². The molecule has 4 heteroatoms. The van der Waals surface area contributed by atoms with E-state index in [1.54, 1.807) is 0 Å². The number of fused-ring (bicyclic) bond motifs is 1. The van der Waals surface area contributed by atoms with Crippen LogP contribution in [0.5, 0.6) is 11.5 Å². The van der Waals surface area contributed by atoms with Crippen LogP contribution in [0.25, 0.3) is 0 Å². The average Bonchev–Trinajstić information content (AvgIpc) is 2.70. The van der Waals surface area contributed by atoms with Gasteiger partial charge in [-0.2, -0.15) is 0 Å². The van der Waals surface area contributed by atoms with E-state index in [1.807, 2.05) is 6.07 Å². The summed E-state index contributed by atoms with van der Waals surface area (Å²) in [5.41, 5.74) is 1.18. The summed E-state index contributed by atoms with van der Waals surface area (Å²) in [4.78, 5) is 0. The highest BCUT2D eigenvalue weighted by molar-refractivity contribution is 5.44. The second-order valence-corrected chi connectivity index (χ2v) is 6.01. The first-order chi connectivity index (χ1) is 10.1. The molecule has 0 aromatic heterocycles. The molecule has 0 amide bonds. The molecular formula is C17H27NO3. The van der Waals surface area contributed by atoms with E-state index in [0.29, 0.717) is 25.2 Å². The Morgan fingerprint density at radius 3 is 2.52 bits per heavy atom. The Labute approximate surface area is 127 Å². The average molecular weight is 293 g/mol. The van der Waals surface area contributed by atoms with Gasteiger partial charge in [-0.05, 0) is 37.0 Å².